The fraction of sp³-hybridized carbons (Fsp3) is 0.654. The van der Waals surface area contributed by atoms with E-state index >= 15 is 0 Å². The van der Waals surface area contributed by atoms with Crippen molar-refractivity contribution in [3.63, 3.8) is 0 Å². The number of carbonyl (C=O) groups excluding carboxylic acids is 3. The molecule has 2 aliphatic rings. The fourth-order valence-electron chi connectivity index (χ4n) is 3.42. The van der Waals surface area contributed by atoms with Crippen molar-refractivity contribution in [2.75, 3.05) is 6.61 Å². The minimum Gasteiger partial charge on any atom is -0.534 e. The summed E-state index contributed by atoms with van der Waals surface area (Å²) in [6.45, 7) is 9.67. The fourth-order valence-corrected chi connectivity index (χ4v) is 3.84. The zero-order chi connectivity index (χ0) is 29.6. The summed E-state index contributed by atoms with van der Waals surface area (Å²) in [4.78, 5) is 34.8. The van der Waals surface area contributed by atoms with E-state index < -0.39 is 38.4 Å². The van der Waals surface area contributed by atoms with Gasteiger partial charge in [0, 0.05) is 5.56 Å². The van der Waals surface area contributed by atoms with Crippen molar-refractivity contribution in [3.05, 3.63) is 34.6 Å². The van der Waals surface area contributed by atoms with Gasteiger partial charge in [0.2, 0.25) is 0 Å². The molecule has 14 heteroatoms. The number of sulfonamides is 1. The minimum absolute atomic E-state index is 0. The molecule has 1 saturated heterocycles. The maximum Gasteiger partial charge on any atom is 1.00 e. The van der Waals surface area contributed by atoms with E-state index in [9.17, 15) is 36.0 Å². The van der Waals surface area contributed by atoms with Crippen LogP contribution >= 0.6 is 0 Å². The van der Waals surface area contributed by atoms with E-state index in [2.05, 4.69) is 4.72 Å². The van der Waals surface area contributed by atoms with Gasteiger partial charge in [-0.2, -0.15) is 13.2 Å². The first-order chi connectivity index (χ1) is 18.0. The third-order valence-corrected chi connectivity index (χ3v) is 7.82. The normalized spacial score (nSPS) is 20.9. The van der Waals surface area contributed by atoms with Gasteiger partial charge in [0.25, 0.3) is 0 Å². The molecule has 1 aromatic carbocycles. The molecule has 1 heterocycles. The summed E-state index contributed by atoms with van der Waals surface area (Å²) in [6.07, 6.45) is 5.77. The van der Waals surface area contributed by atoms with Gasteiger partial charge < -0.3 is 23.7 Å². The van der Waals surface area contributed by atoms with Gasteiger partial charge in [-0.1, -0.05) is 20.8 Å². The summed E-state index contributed by atoms with van der Waals surface area (Å²) in [5.41, 5.74) is -6.77. The summed E-state index contributed by atoms with van der Waals surface area (Å²) >= 11 is 0. The van der Waals surface area contributed by atoms with Crippen LogP contribution in [0.4, 0.5) is 13.2 Å². The Morgan fingerprint density at radius 1 is 1.07 bits per heavy atom. The Balaban J connectivity index is 0.000000428. The Labute approximate surface area is 275 Å². The van der Waals surface area contributed by atoms with Crippen molar-refractivity contribution in [2.24, 2.45) is 17.3 Å². The first-order valence-corrected chi connectivity index (χ1v) is 14.2. The molecule has 1 aliphatic carbocycles. The quantitative estimate of drug-likeness (QED) is 0.179. The number of hydrogen-bond donors (Lipinski definition) is 0. The first kappa shape index (κ1) is 37.0. The molecular formula is C26H35F3KNO8S. The summed E-state index contributed by atoms with van der Waals surface area (Å²) in [6, 6.07) is 4.35. The number of rotatable bonds is 9. The number of alkyl halides is 3. The molecule has 0 N–H and O–H groups in total. The van der Waals surface area contributed by atoms with Crippen molar-refractivity contribution in [3.8, 4) is 5.75 Å². The number of carbonyl (C=O) groups is 3. The molecule has 1 amide bonds. The van der Waals surface area contributed by atoms with Crippen molar-refractivity contribution in [2.45, 2.75) is 84.4 Å². The summed E-state index contributed by atoms with van der Waals surface area (Å²) in [5.74, 6) is -1.50. The van der Waals surface area contributed by atoms with Crippen LogP contribution in [0.15, 0.2) is 24.3 Å². The van der Waals surface area contributed by atoms with Crippen LogP contribution in [-0.2, 0) is 29.1 Å². The van der Waals surface area contributed by atoms with Gasteiger partial charge in [0.15, 0.2) is 10.0 Å². The molecule has 9 nitrogen and oxygen atoms in total. The van der Waals surface area contributed by atoms with Gasteiger partial charge in [0.05, 0.1) is 36.1 Å². The zero-order valence-corrected chi connectivity index (χ0v) is 27.6. The van der Waals surface area contributed by atoms with Crippen molar-refractivity contribution >= 4 is 27.9 Å². The van der Waals surface area contributed by atoms with E-state index in [1.165, 1.54) is 0 Å². The van der Waals surface area contributed by atoms with Crippen molar-refractivity contribution in [1.82, 2.24) is 0 Å². The maximum atomic E-state index is 12.2. The monoisotopic (exact) mass is 617 g/mol. The van der Waals surface area contributed by atoms with Gasteiger partial charge in [-0.05, 0) is 76.1 Å². The van der Waals surface area contributed by atoms with Crippen LogP contribution in [0.3, 0.4) is 0 Å². The van der Waals surface area contributed by atoms with Crippen LogP contribution in [0.2, 0.25) is 0 Å². The van der Waals surface area contributed by atoms with Crippen LogP contribution in [0, 0.1) is 17.3 Å². The third-order valence-electron chi connectivity index (χ3n) is 6.83. The molecule has 220 valence electrons. The molecule has 3 rings (SSSR count). The van der Waals surface area contributed by atoms with Gasteiger partial charge in [-0.15, -0.1) is 0 Å². The Bertz CT molecular complexity index is 1130. The predicted molar refractivity (Wildman–Crippen MR) is 135 cm³/mol. The molecule has 0 spiro atoms. The molecule has 0 aromatic heterocycles. The van der Waals surface area contributed by atoms with E-state index in [-0.39, 0.29) is 69.0 Å². The van der Waals surface area contributed by atoms with Crippen LogP contribution in [0.5, 0.6) is 5.75 Å². The smallest absolute Gasteiger partial charge is 0.534 e. The molecule has 4 unspecified atom stereocenters. The van der Waals surface area contributed by atoms with E-state index in [0.29, 0.717) is 31.2 Å². The summed E-state index contributed by atoms with van der Waals surface area (Å²) < 4.78 is 76.2. The molecule has 2 fully saturated rings. The number of esters is 2. The Morgan fingerprint density at radius 3 is 2.17 bits per heavy atom. The number of benzene rings is 1. The molecule has 0 radical (unpaired) electrons. The number of nitrogens with zero attached hydrogens (tertiary/aromatic N) is 1. The zero-order valence-electron chi connectivity index (χ0n) is 23.6. The van der Waals surface area contributed by atoms with E-state index in [4.69, 9.17) is 14.2 Å². The largest absolute Gasteiger partial charge is 1.00 e. The molecule has 1 saturated carbocycles. The van der Waals surface area contributed by atoms with Crippen LogP contribution in [-0.4, -0.2) is 50.6 Å². The second kappa shape index (κ2) is 15.4. The molecule has 1 aromatic rings. The molecule has 0 bridgehead atoms. The number of amides is 1. The van der Waals surface area contributed by atoms with Crippen LogP contribution < -0.4 is 56.1 Å². The number of hydrogen-bond acceptors (Lipinski definition) is 8. The molecule has 4 atom stereocenters. The Kier molecular flexibility index (Phi) is 14.3. The van der Waals surface area contributed by atoms with Crippen LogP contribution in [0.1, 0.15) is 77.1 Å². The minimum atomic E-state index is -5.91. The van der Waals surface area contributed by atoms with Crippen molar-refractivity contribution in [1.29, 1.82) is 0 Å². The molecule has 40 heavy (non-hydrogen) atoms. The van der Waals surface area contributed by atoms with Gasteiger partial charge in [0.1, 0.15) is 5.75 Å². The average Bonchev–Trinajstić information content (AvgIpc) is 3.65. The topological polar surface area (TPSA) is 130 Å². The van der Waals surface area contributed by atoms with Gasteiger partial charge in [-0.3, -0.25) is 9.59 Å². The van der Waals surface area contributed by atoms with Gasteiger partial charge >= 0.3 is 68.8 Å². The Hall–Kier alpha value is -1.03. The van der Waals surface area contributed by atoms with Crippen molar-refractivity contribution < 1.29 is 102 Å². The third kappa shape index (κ3) is 11.0. The maximum absolute atomic E-state index is 12.2. The summed E-state index contributed by atoms with van der Waals surface area (Å²) in [5, 5.41) is 0. The van der Waals surface area contributed by atoms with E-state index in [1.54, 1.807) is 20.8 Å². The standard InChI is InChI=1S/C14H16F3NO5S.C12H20O3.K/c1-4-13(2,3)12(20)23-10-7-5-9(6-8-10)11(19)18-24(21,22)14(15,16)17;1-3-8(2)12(13)14-7-9-4-5-10-11(6-9)15-10;/h5-8H,4H2,1-3H3,(H,18,19);8-11H,3-7H2,1-2H3;/q;;+1/p-1. The first-order valence-electron chi connectivity index (χ1n) is 12.7. The number of ether oxygens (including phenoxy) is 3. The SMILES string of the molecule is CCC(C)(C)C(=O)Oc1ccc(C(=O)[N-]S(=O)(=O)C(F)(F)F)cc1.CCC(C)C(=O)OCC1CCC2OC2C1.[K+]. The molecular weight excluding hydrogens is 582 g/mol. The number of halogens is 3. The summed E-state index contributed by atoms with van der Waals surface area (Å²) in [7, 11) is -5.91. The van der Waals surface area contributed by atoms with Gasteiger partial charge in [-0.25, -0.2) is 8.42 Å². The van der Waals surface area contributed by atoms with E-state index in [1.807, 2.05) is 13.8 Å². The second-order valence-electron chi connectivity index (χ2n) is 10.3. The number of epoxide rings is 1. The Morgan fingerprint density at radius 2 is 1.68 bits per heavy atom. The van der Waals surface area contributed by atoms with Crippen LogP contribution in [0.25, 0.3) is 4.72 Å². The molecule has 1 aliphatic heterocycles. The average molecular weight is 618 g/mol. The number of fused-ring (bicyclic) bond motifs is 1. The second-order valence-corrected chi connectivity index (χ2v) is 11.9. The van der Waals surface area contributed by atoms with E-state index in [0.717, 1.165) is 49.9 Å². The predicted octanol–water partition coefficient (Wildman–Crippen LogP) is 2.54.